The van der Waals surface area contributed by atoms with Crippen LogP contribution < -0.4 is 10.2 Å². The van der Waals surface area contributed by atoms with Crippen molar-refractivity contribution in [2.45, 2.75) is 56.5 Å². The van der Waals surface area contributed by atoms with Gasteiger partial charge in [0.1, 0.15) is 11.9 Å². The van der Waals surface area contributed by atoms with E-state index in [0.717, 1.165) is 31.2 Å². The van der Waals surface area contributed by atoms with Gasteiger partial charge < -0.3 is 5.32 Å². The molecule has 0 aliphatic carbocycles. The number of benzene rings is 2. The summed E-state index contributed by atoms with van der Waals surface area (Å²) < 4.78 is 41.0. The van der Waals surface area contributed by atoms with Gasteiger partial charge in [-0.2, -0.15) is 4.31 Å². The number of anilines is 1. The van der Waals surface area contributed by atoms with Gasteiger partial charge in [0.2, 0.25) is 21.8 Å². The molecule has 2 aliphatic rings. The third-order valence-corrected chi connectivity index (χ3v) is 8.15. The summed E-state index contributed by atoms with van der Waals surface area (Å²) in [6.07, 6.45) is 3.97. The zero-order chi connectivity index (χ0) is 23.6. The molecule has 4 rings (SSSR count). The minimum atomic E-state index is -3.63. The lowest BCUT2D eigenvalue weighted by molar-refractivity contribution is -0.125. The second-order valence-electron chi connectivity index (χ2n) is 8.56. The maximum Gasteiger partial charge on any atom is 0.243 e. The van der Waals surface area contributed by atoms with E-state index >= 15 is 0 Å². The Hall–Kier alpha value is -2.78. The average molecular weight is 474 g/mol. The first-order valence-corrected chi connectivity index (χ1v) is 12.7. The molecule has 0 aromatic heterocycles. The standard InChI is InChI=1S/C24H28FN3O4S/c1-17(29)28-22-11-10-21(33(31,32)27-12-4-2-3-5-13-27)14-19(22)15-23(28)24(30)26-16-18-6-8-20(25)9-7-18/h6-11,14,23H,2-5,12-13,15-16H2,1H3,(H,26,30)/t23-/m1/s1. The number of carbonyl (C=O) groups excluding carboxylic acids is 2. The Morgan fingerprint density at radius 3 is 2.33 bits per heavy atom. The second-order valence-corrected chi connectivity index (χ2v) is 10.5. The zero-order valence-electron chi connectivity index (χ0n) is 18.6. The molecule has 2 aromatic rings. The number of nitrogens with zero attached hydrogens (tertiary/aromatic N) is 2. The number of carbonyl (C=O) groups is 2. The number of amides is 2. The molecular formula is C24H28FN3O4S. The van der Waals surface area contributed by atoms with E-state index in [9.17, 15) is 22.4 Å². The average Bonchev–Trinajstić information content (AvgIpc) is 2.96. The highest BCUT2D eigenvalue weighted by Gasteiger charge is 2.38. The lowest BCUT2D eigenvalue weighted by Gasteiger charge is -2.24. The predicted octanol–water partition coefficient (Wildman–Crippen LogP) is 2.98. The van der Waals surface area contributed by atoms with Crippen molar-refractivity contribution in [2.75, 3.05) is 18.0 Å². The van der Waals surface area contributed by atoms with Crippen molar-refractivity contribution in [1.82, 2.24) is 9.62 Å². The molecule has 0 spiro atoms. The molecule has 2 aliphatic heterocycles. The highest BCUT2D eigenvalue weighted by molar-refractivity contribution is 7.89. The number of nitrogens with one attached hydrogen (secondary N) is 1. The van der Waals surface area contributed by atoms with Crippen molar-refractivity contribution < 1.29 is 22.4 Å². The fraction of sp³-hybridized carbons (Fsp3) is 0.417. The molecular weight excluding hydrogens is 445 g/mol. The van der Waals surface area contributed by atoms with Crippen LogP contribution in [0.25, 0.3) is 0 Å². The molecule has 7 nitrogen and oxygen atoms in total. The van der Waals surface area contributed by atoms with Crippen LogP contribution in [0, 0.1) is 5.82 Å². The summed E-state index contributed by atoms with van der Waals surface area (Å²) in [4.78, 5) is 26.9. The highest BCUT2D eigenvalue weighted by atomic mass is 32.2. The first kappa shape index (κ1) is 23.4. The van der Waals surface area contributed by atoms with Crippen LogP contribution in [-0.4, -0.2) is 43.7 Å². The molecule has 1 atom stereocenters. The Morgan fingerprint density at radius 1 is 1.03 bits per heavy atom. The topological polar surface area (TPSA) is 86.8 Å². The number of sulfonamides is 1. The van der Waals surface area contributed by atoms with Crippen LogP contribution in [0.15, 0.2) is 47.4 Å². The summed E-state index contributed by atoms with van der Waals surface area (Å²) >= 11 is 0. The van der Waals surface area contributed by atoms with E-state index in [2.05, 4.69) is 5.32 Å². The summed E-state index contributed by atoms with van der Waals surface area (Å²) in [6, 6.07) is 9.78. The van der Waals surface area contributed by atoms with Gasteiger partial charge in [0.25, 0.3) is 0 Å². The molecule has 2 heterocycles. The molecule has 1 fully saturated rings. The van der Waals surface area contributed by atoms with Gasteiger partial charge in [0.15, 0.2) is 0 Å². The van der Waals surface area contributed by atoms with E-state index < -0.39 is 16.1 Å². The quantitative estimate of drug-likeness (QED) is 0.723. The molecule has 0 saturated carbocycles. The Balaban J connectivity index is 1.54. The molecule has 1 N–H and O–H groups in total. The van der Waals surface area contributed by atoms with Gasteiger partial charge in [-0.05, 0) is 54.3 Å². The van der Waals surface area contributed by atoms with Crippen molar-refractivity contribution in [3.63, 3.8) is 0 Å². The van der Waals surface area contributed by atoms with Gasteiger partial charge in [-0.25, -0.2) is 12.8 Å². The Bertz CT molecular complexity index is 1140. The number of hydrogen-bond donors (Lipinski definition) is 1. The van der Waals surface area contributed by atoms with Crippen LogP contribution in [0.4, 0.5) is 10.1 Å². The number of halogens is 1. The van der Waals surface area contributed by atoms with E-state index in [1.54, 1.807) is 24.3 Å². The van der Waals surface area contributed by atoms with Crippen molar-refractivity contribution in [1.29, 1.82) is 0 Å². The van der Waals surface area contributed by atoms with Crippen molar-refractivity contribution in [3.8, 4) is 0 Å². The molecule has 0 bridgehead atoms. The summed E-state index contributed by atoms with van der Waals surface area (Å²) in [5.74, 6) is -0.994. The first-order valence-electron chi connectivity index (χ1n) is 11.2. The lowest BCUT2D eigenvalue weighted by Crippen LogP contribution is -2.47. The maximum atomic E-state index is 13.2. The van der Waals surface area contributed by atoms with E-state index in [1.165, 1.54) is 34.3 Å². The number of fused-ring (bicyclic) bond motifs is 1. The van der Waals surface area contributed by atoms with Crippen molar-refractivity contribution >= 4 is 27.5 Å². The van der Waals surface area contributed by atoms with Gasteiger partial charge in [-0.1, -0.05) is 25.0 Å². The Labute approximate surface area is 193 Å². The molecule has 9 heteroatoms. The van der Waals surface area contributed by atoms with Gasteiger partial charge in [-0.3, -0.25) is 14.5 Å². The van der Waals surface area contributed by atoms with Crippen LogP contribution in [-0.2, 0) is 32.6 Å². The summed E-state index contributed by atoms with van der Waals surface area (Å²) in [7, 11) is -3.63. The maximum absolute atomic E-state index is 13.2. The van der Waals surface area contributed by atoms with Gasteiger partial charge in [0, 0.05) is 38.7 Å². The van der Waals surface area contributed by atoms with Crippen LogP contribution in [0.2, 0.25) is 0 Å². The van der Waals surface area contributed by atoms with Gasteiger partial charge >= 0.3 is 0 Å². The van der Waals surface area contributed by atoms with E-state index in [0.29, 0.717) is 24.3 Å². The van der Waals surface area contributed by atoms with Gasteiger partial charge in [0.05, 0.1) is 4.90 Å². The third-order valence-electron chi connectivity index (χ3n) is 6.26. The SMILES string of the molecule is CC(=O)N1c2ccc(S(=O)(=O)N3CCCCCC3)cc2C[C@@H]1C(=O)NCc1ccc(F)cc1. The first-order chi connectivity index (χ1) is 15.8. The largest absolute Gasteiger partial charge is 0.350 e. The number of hydrogen-bond acceptors (Lipinski definition) is 4. The predicted molar refractivity (Wildman–Crippen MR) is 123 cm³/mol. The highest BCUT2D eigenvalue weighted by Crippen LogP contribution is 2.35. The zero-order valence-corrected chi connectivity index (χ0v) is 19.4. The number of rotatable bonds is 5. The van der Waals surface area contributed by atoms with Gasteiger partial charge in [-0.15, -0.1) is 0 Å². The molecule has 33 heavy (non-hydrogen) atoms. The fourth-order valence-electron chi connectivity index (χ4n) is 4.53. The van der Waals surface area contributed by atoms with Crippen LogP contribution in [0.3, 0.4) is 0 Å². The smallest absolute Gasteiger partial charge is 0.243 e. The van der Waals surface area contributed by atoms with Crippen LogP contribution in [0.1, 0.15) is 43.7 Å². The molecule has 0 unspecified atom stereocenters. The minimum Gasteiger partial charge on any atom is -0.350 e. The Kier molecular flexibility index (Phi) is 6.81. The molecule has 0 radical (unpaired) electrons. The van der Waals surface area contributed by atoms with Crippen molar-refractivity contribution in [2.24, 2.45) is 0 Å². The normalized spacial score (nSPS) is 19.1. The molecule has 176 valence electrons. The fourth-order valence-corrected chi connectivity index (χ4v) is 6.10. The molecule has 1 saturated heterocycles. The van der Waals surface area contributed by atoms with E-state index in [1.807, 2.05) is 0 Å². The minimum absolute atomic E-state index is 0.194. The second kappa shape index (κ2) is 9.61. The van der Waals surface area contributed by atoms with Crippen molar-refractivity contribution in [3.05, 3.63) is 59.4 Å². The lowest BCUT2D eigenvalue weighted by atomic mass is 10.1. The van der Waals surface area contributed by atoms with E-state index in [4.69, 9.17) is 0 Å². The Morgan fingerprint density at radius 2 is 1.70 bits per heavy atom. The summed E-state index contributed by atoms with van der Waals surface area (Å²) in [6.45, 7) is 2.60. The summed E-state index contributed by atoms with van der Waals surface area (Å²) in [5, 5.41) is 2.80. The van der Waals surface area contributed by atoms with E-state index in [-0.39, 0.29) is 35.5 Å². The summed E-state index contributed by atoms with van der Waals surface area (Å²) in [5.41, 5.74) is 1.95. The monoisotopic (exact) mass is 473 g/mol. The molecule has 2 aromatic carbocycles. The molecule has 2 amide bonds. The third kappa shape index (κ3) is 4.94. The van der Waals surface area contributed by atoms with Crippen LogP contribution >= 0.6 is 0 Å². The van der Waals surface area contributed by atoms with Crippen LogP contribution in [0.5, 0.6) is 0 Å².